The van der Waals surface area contributed by atoms with Crippen molar-refractivity contribution in [3.8, 4) is 0 Å². The molecule has 2 heterocycles. The molecule has 0 saturated carbocycles. The van der Waals surface area contributed by atoms with Crippen molar-refractivity contribution in [1.29, 1.82) is 0 Å². The Morgan fingerprint density at radius 2 is 2.04 bits per heavy atom. The summed E-state index contributed by atoms with van der Waals surface area (Å²) in [5.41, 5.74) is 1.14. The zero-order chi connectivity index (χ0) is 17.1. The van der Waals surface area contributed by atoms with Crippen molar-refractivity contribution in [2.75, 3.05) is 25.0 Å². The van der Waals surface area contributed by atoms with Gasteiger partial charge in [-0.1, -0.05) is 13.0 Å². The summed E-state index contributed by atoms with van der Waals surface area (Å²) in [5, 5.41) is 5.99. The Morgan fingerprint density at radius 1 is 1.32 bits per heavy atom. The van der Waals surface area contributed by atoms with Crippen molar-refractivity contribution in [3.05, 3.63) is 29.6 Å². The van der Waals surface area contributed by atoms with E-state index in [1.165, 1.54) is 12.1 Å². The number of piperidine rings is 1. The molecule has 25 heavy (non-hydrogen) atoms. The van der Waals surface area contributed by atoms with Crippen molar-refractivity contribution >= 4 is 29.9 Å². The third-order valence-electron chi connectivity index (χ3n) is 4.85. The van der Waals surface area contributed by atoms with Crippen LogP contribution in [0.15, 0.2) is 18.2 Å². The molecule has 1 unspecified atom stereocenters. The second kappa shape index (κ2) is 8.63. The molecular weight excluding hydrogens is 345 g/mol. The lowest BCUT2D eigenvalue weighted by atomic mass is 9.88. The van der Waals surface area contributed by atoms with Crippen molar-refractivity contribution in [3.63, 3.8) is 0 Å². The largest absolute Gasteiger partial charge is 0.339 e. The number of carbonyl (C=O) groups is 2. The number of fused-ring (bicyclic) bond motifs is 1. The molecule has 0 radical (unpaired) electrons. The molecule has 3 rings (SSSR count). The summed E-state index contributed by atoms with van der Waals surface area (Å²) in [4.78, 5) is 27.1. The Kier molecular flexibility index (Phi) is 6.79. The number of hydrogen-bond donors (Lipinski definition) is 2. The number of rotatable bonds is 4. The summed E-state index contributed by atoms with van der Waals surface area (Å²) in [6.07, 6.45) is 2.87. The van der Waals surface area contributed by atoms with E-state index < -0.39 is 11.7 Å². The van der Waals surface area contributed by atoms with Crippen LogP contribution in [0.2, 0.25) is 0 Å². The molecule has 2 amide bonds. The summed E-state index contributed by atoms with van der Waals surface area (Å²) in [6.45, 7) is 4.56. The van der Waals surface area contributed by atoms with Gasteiger partial charge in [0.1, 0.15) is 5.82 Å². The highest BCUT2D eigenvalue weighted by molar-refractivity contribution is 6.01. The molecule has 1 aromatic rings. The topological polar surface area (TPSA) is 61.4 Å². The predicted molar refractivity (Wildman–Crippen MR) is 97.5 cm³/mol. The van der Waals surface area contributed by atoms with Crippen molar-refractivity contribution in [1.82, 2.24) is 10.2 Å². The lowest BCUT2D eigenvalue weighted by Gasteiger charge is -2.38. The van der Waals surface area contributed by atoms with E-state index in [2.05, 4.69) is 17.6 Å². The first-order valence-corrected chi connectivity index (χ1v) is 8.70. The number of hydrogen-bond acceptors (Lipinski definition) is 3. The normalized spacial score (nSPS) is 20.2. The first-order valence-electron chi connectivity index (χ1n) is 8.70. The molecule has 5 nitrogen and oxygen atoms in total. The zero-order valence-electron chi connectivity index (χ0n) is 14.4. The Bertz CT molecular complexity index is 635. The Morgan fingerprint density at radius 3 is 2.72 bits per heavy atom. The maximum Gasteiger partial charge on any atom is 0.230 e. The van der Waals surface area contributed by atoms with Gasteiger partial charge in [-0.3, -0.25) is 9.59 Å². The standard InChI is InChI=1S/C18H24FN3O2.ClH/c1-2-9-22(13-5-7-20-8-6-13)18(24)15-11-17(23)21-16-10-12(19)3-4-14(15)16;/h3-4,10,13,15,20H,2,5-9,11H2,1H3,(H,21,23);1H. The Labute approximate surface area is 153 Å². The van der Waals surface area contributed by atoms with Crippen LogP contribution in [-0.2, 0) is 9.59 Å². The summed E-state index contributed by atoms with van der Waals surface area (Å²) in [6, 6.07) is 4.49. The maximum absolute atomic E-state index is 13.5. The number of halogens is 2. The van der Waals surface area contributed by atoms with E-state index in [-0.39, 0.29) is 36.7 Å². The molecular formula is C18H25ClFN3O2. The van der Waals surface area contributed by atoms with E-state index in [0.29, 0.717) is 12.2 Å². The Hall–Kier alpha value is -1.66. The molecule has 1 aromatic carbocycles. The van der Waals surface area contributed by atoms with E-state index in [0.717, 1.165) is 37.9 Å². The third kappa shape index (κ3) is 4.30. The maximum atomic E-state index is 13.5. The number of amides is 2. The fourth-order valence-corrected chi connectivity index (χ4v) is 3.69. The first kappa shape index (κ1) is 19.7. The van der Waals surface area contributed by atoms with Crippen LogP contribution in [0.4, 0.5) is 10.1 Å². The van der Waals surface area contributed by atoms with Crippen LogP contribution < -0.4 is 10.6 Å². The quantitative estimate of drug-likeness (QED) is 0.857. The van der Waals surface area contributed by atoms with E-state index >= 15 is 0 Å². The van der Waals surface area contributed by atoms with E-state index in [1.54, 1.807) is 6.07 Å². The van der Waals surface area contributed by atoms with Crippen LogP contribution in [0.5, 0.6) is 0 Å². The average molecular weight is 370 g/mol. The van der Waals surface area contributed by atoms with Gasteiger partial charge < -0.3 is 15.5 Å². The van der Waals surface area contributed by atoms with Crippen molar-refractivity contribution < 1.29 is 14.0 Å². The number of anilines is 1. The molecule has 7 heteroatoms. The molecule has 1 atom stereocenters. The fourth-order valence-electron chi connectivity index (χ4n) is 3.69. The number of nitrogens with zero attached hydrogens (tertiary/aromatic N) is 1. The molecule has 2 aliphatic heterocycles. The van der Waals surface area contributed by atoms with Gasteiger partial charge in [-0.2, -0.15) is 0 Å². The minimum Gasteiger partial charge on any atom is -0.339 e. The molecule has 0 aliphatic carbocycles. The first-order chi connectivity index (χ1) is 11.6. The Balaban J connectivity index is 0.00000225. The average Bonchev–Trinajstić information content (AvgIpc) is 2.58. The predicted octanol–water partition coefficient (Wildman–Crippen LogP) is 2.66. The minimum atomic E-state index is -0.518. The van der Waals surface area contributed by atoms with Crippen LogP contribution in [0.1, 0.15) is 44.1 Å². The van der Waals surface area contributed by atoms with Crippen LogP contribution in [0, 0.1) is 5.82 Å². The second-order valence-electron chi connectivity index (χ2n) is 6.55. The van der Waals surface area contributed by atoms with Crippen LogP contribution in [0.25, 0.3) is 0 Å². The molecule has 1 fully saturated rings. The van der Waals surface area contributed by atoms with Gasteiger partial charge in [0.15, 0.2) is 0 Å². The van der Waals surface area contributed by atoms with Crippen LogP contribution in [0.3, 0.4) is 0 Å². The minimum absolute atomic E-state index is 0. The van der Waals surface area contributed by atoms with Gasteiger partial charge >= 0.3 is 0 Å². The molecule has 0 spiro atoms. The summed E-state index contributed by atoms with van der Waals surface area (Å²) in [7, 11) is 0. The van der Waals surface area contributed by atoms with Crippen LogP contribution in [-0.4, -0.2) is 42.4 Å². The summed E-state index contributed by atoms with van der Waals surface area (Å²) >= 11 is 0. The van der Waals surface area contributed by atoms with Crippen LogP contribution >= 0.6 is 12.4 Å². The lowest BCUT2D eigenvalue weighted by molar-refractivity contribution is -0.137. The molecule has 1 saturated heterocycles. The van der Waals surface area contributed by atoms with E-state index in [9.17, 15) is 14.0 Å². The molecule has 0 aromatic heterocycles. The van der Waals surface area contributed by atoms with Gasteiger partial charge in [0.2, 0.25) is 11.8 Å². The number of nitrogens with one attached hydrogen (secondary N) is 2. The molecule has 138 valence electrons. The smallest absolute Gasteiger partial charge is 0.230 e. The fraction of sp³-hybridized carbons (Fsp3) is 0.556. The van der Waals surface area contributed by atoms with Gasteiger partial charge in [0.25, 0.3) is 0 Å². The monoisotopic (exact) mass is 369 g/mol. The number of benzene rings is 1. The van der Waals surface area contributed by atoms with Crippen molar-refractivity contribution in [2.45, 2.75) is 44.6 Å². The summed E-state index contributed by atoms with van der Waals surface area (Å²) in [5.74, 6) is -1.17. The summed E-state index contributed by atoms with van der Waals surface area (Å²) < 4.78 is 13.5. The van der Waals surface area contributed by atoms with Gasteiger partial charge in [0.05, 0.1) is 5.92 Å². The second-order valence-corrected chi connectivity index (χ2v) is 6.55. The highest BCUT2D eigenvalue weighted by Crippen LogP contribution is 2.35. The van der Waals surface area contributed by atoms with Gasteiger partial charge in [-0.05, 0) is 50.0 Å². The third-order valence-corrected chi connectivity index (χ3v) is 4.85. The van der Waals surface area contributed by atoms with E-state index in [1.807, 2.05) is 4.90 Å². The molecule has 2 aliphatic rings. The van der Waals surface area contributed by atoms with Gasteiger partial charge in [-0.15, -0.1) is 12.4 Å². The van der Waals surface area contributed by atoms with Crippen molar-refractivity contribution in [2.24, 2.45) is 0 Å². The van der Waals surface area contributed by atoms with Gasteiger partial charge in [-0.25, -0.2) is 4.39 Å². The molecule has 2 N–H and O–H groups in total. The zero-order valence-corrected chi connectivity index (χ0v) is 15.2. The highest BCUT2D eigenvalue weighted by Gasteiger charge is 2.36. The number of carbonyl (C=O) groups excluding carboxylic acids is 2. The lowest BCUT2D eigenvalue weighted by Crippen LogP contribution is -2.49. The van der Waals surface area contributed by atoms with Gasteiger partial charge in [0, 0.05) is 24.7 Å². The highest BCUT2D eigenvalue weighted by atomic mass is 35.5. The van der Waals surface area contributed by atoms with E-state index in [4.69, 9.17) is 0 Å². The SMILES string of the molecule is CCCN(C(=O)C1CC(=O)Nc2cc(F)ccc21)C1CCNCC1.Cl. The molecule has 0 bridgehead atoms.